The summed E-state index contributed by atoms with van der Waals surface area (Å²) in [5.41, 5.74) is -0.927. The molecule has 2 aromatic heterocycles. The summed E-state index contributed by atoms with van der Waals surface area (Å²) in [5, 5.41) is 27.3. The fraction of sp³-hybridized carbons (Fsp3) is 0.538. The van der Waals surface area contributed by atoms with E-state index in [-0.39, 0.29) is 23.9 Å². The van der Waals surface area contributed by atoms with Gasteiger partial charge in [-0.15, -0.1) is 5.10 Å². The zero-order chi connectivity index (χ0) is 15.8. The standard InChI is InChI=1S/C13H19N5O3/c1-8(2)13(3,21)7-18-10(9(12(19)20)15-16-18)11-14-5-6-17(11)4/h5-6,8,21H,7H2,1-4H3,(H,19,20). The second-order valence-electron chi connectivity index (χ2n) is 5.62. The number of carboxylic acid groups (broad SMARTS) is 1. The molecular formula is C13H19N5O3. The predicted molar refractivity (Wildman–Crippen MR) is 74.6 cm³/mol. The molecule has 2 rings (SSSR count). The molecule has 2 aromatic rings. The number of aliphatic hydroxyl groups is 1. The first-order valence-corrected chi connectivity index (χ1v) is 6.61. The summed E-state index contributed by atoms with van der Waals surface area (Å²) in [6.07, 6.45) is 3.28. The minimum absolute atomic E-state index is 0.0239. The first kappa shape index (κ1) is 15.2. The van der Waals surface area contributed by atoms with Gasteiger partial charge in [-0.3, -0.25) is 0 Å². The van der Waals surface area contributed by atoms with Gasteiger partial charge in [-0.05, 0) is 12.8 Å². The monoisotopic (exact) mass is 293 g/mol. The summed E-state index contributed by atoms with van der Waals surface area (Å²) >= 11 is 0. The highest BCUT2D eigenvalue weighted by atomic mass is 16.4. The first-order valence-electron chi connectivity index (χ1n) is 6.61. The highest BCUT2D eigenvalue weighted by molar-refractivity contribution is 5.91. The molecule has 8 heteroatoms. The van der Waals surface area contributed by atoms with Gasteiger partial charge < -0.3 is 14.8 Å². The van der Waals surface area contributed by atoms with Crippen LogP contribution in [0.15, 0.2) is 12.4 Å². The van der Waals surface area contributed by atoms with Gasteiger partial charge in [0.15, 0.2) is 5.82 Å². The van der Waals surface area contributed by atoms with E-state index in [0.29, 0.717) is 5.82 Å². The van der Waals surface area contributed by atoms with E-state index in [4.69, 9.17) is 0 Å². The van der Waals surface area contributed by atoms with Gasteiger partial charge in [0.05, 0.1) is 12.1 Å². The molecule has 2 heterocycles. The second-order valence-corrected chi connectivity index (χ2v) is 5.62. The van der Waals surface area contributed by atoms with Crippen molar-refractivity contribution in [3.05, 3.63) is 18.1 Å². The minimum Gasteiger partial charge on any atom is -0.476 e. The maximum atomic E-state index is 11.3. The van der Waals surface area contributed by atoms with Gasteiger partial charge in [-0.25, -0.2) is 14.5 Å². The van der Waals surface area contributed by atoms with E-state index in [9.17, 15) is 15.0 Å². The zero-order valence-corrected chi connectivity index (χ0v) is 12.5. The fourth-order valence-electron chi connectivity index (χ4n) is 1.87. The average Bonchev–Trinajstić information content (AvgIpc) is 2.94. The third-order valence-corrected chi connectivity index (χ3v) is 3.68. The van der Waals surface area contributed by atoms with Crippen LogP contribution in [0.1, 0.15) is 31.3 Å². The lowest BCUT2D eigenvalue weighted by atomic mass is 9.92. The Morgan fingerprint density at radius 2 is 2.14 bits per heavy atom. The van der Waals surface area contributed by atoms with Crippen molar-refractivity contribution >= 4 is 5.97 Å². The van der Waals surface area contributed by atoms with Crippen LogP contribution in [-0.2, 0) is 13.6 Å². The lowest BCUT2D eigenvalue weighted by molar-refractivity contribution is -0.00574. The Labute approximate surface area is 122 Å². The molecule has 0 aliphatic heterocycles. The van der Waals surface area contributed by atoms with Gasteiger partial charge in [0.1, 0.15) is 5.69 Å². The lowest BCUT2D eigenvalue weighted by Crippen LogP contribution is -2.37. The summed E-state index contributed by atoms with van der Waals surface area (Å²) < 4.78 is 3.08. The molecule has 0 saturated heterocycles. The number of aryl methyl sites for hydroxylation is 1. The molecule has 0 aliphatic rings. The number of rotatable bonds is 5. The van der Waals surface area contributed by atoms with Crippen LogP contribution in [-0.4, -0.2) is 46.3 Å². The van der Waals surface area contributed by atoms with Crippen molar-refractivity contribution in [3.8, 4) is 11.5 Å². The molecule has 114 valence electrons. The number of aromatic nitrogens is 5. The van der Waals surface area contributed by atoms with E-state index >= 15 is 0 Å². The van der Waals surface area contributed by atoms with Gasteiger partial charge in [0, 0.05) is 19.4 Å². The highest BCUT2D eigenvalue weighted by Crippen LogP contribution is 2.24. The Kier molecular flexibility index (Phi) is 3.82. The predicted octanol–water partition coefficient (Wildman–Crippen LogP) is 0.784. The van der Waals surface area contributed by atoms with Gasteiger partial charge in [-0.2, -0.15) is 0 Å². The quantitative estimate of drug-likeness (QED) is 0.844. The number of carboxylic acids is 1. The van der Waals surface area contributed by atoms with E-state index in [1.165, 1.54) is 4.68 Å². The number of aromatic carboxylic acids is 1. The van der Waals surface area contributed by atoms with Gasteiger partial charge in [-0.1, -0.05) is 19.1 Å². The van der Waals surface area contributed by atoms with Crippen molar-refractivity contribution < 1.29 is 15.0 Å². The van der Waals surface area contributed by atoms with Crippen molar-refractivity contribution in [2.45, 2.75) is 32.9 Å². The van der Waals surface area contributed by atoms with Gasteiger partial charge >= 0.3 is 5.97 Å². The Bertz CT molecular complexity index is 657. The van der Waals surface area contributed by atoms with E-state index in [1.54, 1.807) is 30.9 Å². The fourth-order valence-corrected chi connectivity index (χ4v) is 1.87. The summed E-state index contributed by atoms with van der Waals surface area (Å²) in [6.45, 7) is 5.58. The number of hydrogen-bond donors (Lipinski definition) is 2. The molecule has 0 fully saturated rings. The number of carbonyl (C=O) groups is 1. The van der Waals surface area contributed by atoms with E-state index in [0.717, 1.165) is 0 Å². The van der Waals surface area contributed by atoms with Crippen LogP contribution in [0.3, 0.4) is 0 Å². The normalized spacial score (nSPS) is 14.4. The molecule has 0 amide bonds. The molecule has 2 N–H and O–H groups in total. The molecule has 8 nitrogen and oxygen atoms in total. The number of hydrogen-bond acceptors (Lipinski definition) is 5. The van der Waals surface area contributed by atoms with Crippen LogP contribution in [0.2, 0.25) is 0 Å². The van der Waals surface area contributed by atoms with Crippen LogP contribution in [0.4, 0.5) is 0 Å². The van der Waals surface area contributed by atoms with E-state index in [2.05, 4.69) is 15.3 Å². The molecule has 0 radical (unpaired) electrons. The van der Waals surface area contributed by atoms with Crippen molar-refractivity contribution in [1.29, 1.82) is 0 Å². The number of imidazole rings is 1. The Morgan fingerprint density at radius 3 is 2.62 bits per heavy atom. The SMILES string of the molecule is CC(C)C(C)(O)Cn1nnc(C(=O)O)c1-c1nccn1C. The third kappa shape index (κ3) is 2.80. The molecular weight excluding hydrogens is 274 g/mol. The smallest absolute Gasteiger partial charge is 0.358 e. The Morgan fingerprint density at radius 1 is 1.48 bits per heavy atom. The molecule has 1 unspecified atom stereocenters. The minimum atomic E-state index is -1.18. The average molecular weight is 293 g/mol. The van der Waals surface area contributed by atoms with Crippen molar-refractivity contribution in [3.63, 3.8) is 0 Å². The molecule has 1 atom stereocenters. The summed E-state index contributed by atoms with van der Waals surface area (Å²) in [4.78, 5) is 15.5. The summed E-state index contributed by atoms with van der Waals surface area (Å²) in [7, 11) is 1.76. The molecule has 0 bridgehead atoms. The molecule has 0 saturated carbocycles. The first-order chi connectivity index (χ1) is 9.74. The maximum absolute atomic E-state index is 11.3. The molecule has 0 aromatic carbocycles. The second kappa shape index (κ2) is 5.28. The van der Waals surface area contributed by atoms with Crippen LogP contribution in [0.5, 0.6) is 0 Å². The number of nitrogens with zero attached hydrogens (tertiary/aromatic N) is 5. The lowest BCUT2D eigenvalue weighted by Gasteiger charge is -2.27. The van der Waals surface area contributed by atoms with E-state index in [1.807, 2.05) is 13.8 Å². The molecule has 0 aliphatic carbocycles. The van der Waals surface area contributed by atoms with E-state index < -0.39 is 11.6 Å². The highest BCUT2D eigenvalue weighted by Gasteiger charge is 2.30. The zero-order valence-electron chi connectivity index (χ0n) is 12.5. The summed E-state index contributed by atoms with van der Waals surface area (Å²) in [6, 6.07) is 0. The van der Waals surface area contributed by atoms with Crippen LogP contribution >= 0.6 is 0 Å². The van der Waals surface area contributed by atoms with Crippen molar-refractivity contribution in [1.82, 2.24) is 24.5 Å². The van der Waals surface area contributed by atoms with Gasteiger partial charge in [0.2, 0.25) is 5.69 Å². The summed E-state index contributed by atoms with van der Waals surface area (Å²) in [5.74, 6) is -0.760. The Hall–Kier alpha value is -2.22. The van der Waals surface area contributed by atoms with Crippen LogP contribution < -0.4 is 0 Å². The molecule has 21 heavy (non-hydrogen) atoms. The van der Waals surface area contributed by atoms with Crippen LogP contribution in [0.25, 0.3) is 11.5 Å². The Balaban J connectivity index is 2.54. The van der Waals surface area contributed by atoms with Gasteiger partial charge in [0.25, 0.3) is 0 Å². The third-order valence-electron chi connectivity index (χ3n) is 3.68. The maximum Gasteiger partial charge on any atom is 0.358 e. The largest absolute Gasteiger partial charge is 0.476 e. The molecule has 0 spiro atoms. The topological polar surface area (TPSA) is 106 Å². The van der Waals surface area contributed by atoms with Crippen molar-refractivity contribution in [2.24, 2.45) is 13.0 Å². The van der Waals surface area contributed by atoms with Crippen molar-refractivity contribution in [2.75, 3.05) is 0 Å². The van der Waals surface area contributed by atoms with Crippen LogP contribution in [0, 0.1) is 5.92 Å².